The highest BCUT2D eigenvalue weighted by molar-refractivity contribution is 9.10. The third-order valence-corrected chi connectivity index (χ3v) is 5.97. The van der Waals surface area contributed by atoms with Crippen LogP contribution in [0.5, 0.6) is 0 Å². The fraction of sp³-hybridized carbons (Fsp3) is 0.600. The summed E-state index contributed by atoms with van der Waals surface area (Å²) in [6, 6.07) is 10.9. The van der Waals surface area contributed by atoms with E-state index in [1.807, 2.05) is 43.9 Å². The first-order valence-corrected chi connectivity index (χ1v) is 9.68. The largest absolute Gasteiger partial charge is 0.444 e. The molecule has 5 heteroatoms. The number of benzene rings is 1. The summed E-state index contributed by atoms with van der Waals surface area (Å²) in [7, 11) is 0. The average Bonchev–Trinajstić information content (AvgIpc) is 2.80. The van der Waals surface area contributed by atoms with Gasteiger partial charge in [-0.05, 0) is 64.5 Å². The molecule has 0 saturated carbocycles. The van der Waals surface area contributed by atoms with E-state index in [2.05, 4.69) is 28.1 Å². The van der Waals surface area contributed by atoms with Crippen molar-refractivity contribution in [3.8, 4) is 6.07 Å². The maximum Gasteiger partial charge on any atom is 0.410 e. The molecule has 2 fully saturated rings. The van der Waals surface area contributed by atoms with Crippen molar-refractivity contribution >= 4 is 22.0 Å². The molecule has 2 aliphatic rings. The first kappa shape index (κ1) is 18.3. The second-order valence-electron chi connectivity index (χ2n) is 8.34. The van der Waals surface area contributed by atoms with E-state index in [0.29, 0.717) is 0 Å². The lowest BCUT2D eigenvalue weighted by Gasteiger charge is -2.43. The Morgan fingerprint density at radius 2 is 1.92 bits per heavy atom. The number of fused-ring (bicyclic) bond motifs is 2. The third-order valence-electron chi connectivity index (χ3n) is 5.20. The Kier molecular flexibility index (Phi) is 4.85. The van der Waals surface area contributed by atoms with Gasteiger partial charge in [0.1, 0.15) is 5.60 Å². The van der Waals surface area contributed by atoms with Crippen LogP contribution in [0.4, 0.5) is 4.79 Å². The van der Waals surface area contributed by atoms with Crippen molar-refractivity contribution in [3.63, 3.8) is 0 Å². The number of ether oxygens (including phenoxy) is 1. The van der Waals surface area contributed by atoms with Gasteiger partial charge in [-0.3, -0.25) is 0 Å². The standard InChI is InChI=1S/C20H25BrN2O2/c1-19(2,3)25-18(24)23-15-8-9-16(23)12-20(11-15,13-22)10-14-6-4-5-7-17(14)21/h4-7,15-16H,8-12H2,1-3H3. The third kappa shape index (κ3) is 3.84. The second-order valence-corrected chi connectivity index (χ2v) is 9.20. The van der Waals surface area contributed by atoms with Gasteiger partial charge in [-0.25, -0.2) is 4.79 Å². The van der Waals surface area contributed by atoms with Crippen molar-refractivity contribution in [2.24, 2.45) is 5.41 Å². The zero-order valence-corrected chi connectivity index (χ0v) is 16.7. The Labute approximate surface area is 158 Å². The van der Waals surface area contributed by atoms with E-state index in [0.717, 1.165) is 42.1 Å². The van der Waals surface area contributed by atoms with Crippen molar-refractivity contribution in [1.82, 2.24) is 4.90 Å². The summed E-state index contributed by atoms with van der Waals surface area (Å²) in [6.07, 6.45) is 3.86. The number of halogens is 1. The van der Waals surface area contributed by atoms with Gasteiger partial charge in [0.15, 0.2) is 0 Å². The Hall–Kier alpha value is -1.54. The fourth-order valence-corrected chi connectivity index (χ4v) is 4.67. The number of nitriles is 1. The van der Waals surface area contributed by atoms with E-state index in [9.17, 15) is 10.1 Å². The van der Waals surface area contributed by atoms with Crippen molar-refractivity contribution in [3.05, 3.63) is 34.3 Å². The molecular weight excluding hydrogens is 380 g/mol. The normalized spacial score (nSPS) is 28.5. The summed E-state index contributed by atoms with van der Waals surface area (Å²) in [5.41, 5.74) is 0.262. The van der Waals surface area contributed by atoms with E-state index in [-0.39, 0.29) is 18.2 Å². The van der Waals surface area contributed by atoms with Crippen molar-refractivity contribution in [2.75, 3.05) is 0 Å². The summed E-state index contributed by atoms with van der Waals surface area (Å²) in [4.78, 5) is 14.5. The van der Waals surface area contributed by atoms with Gasteiger partial charge in [0.05, 0.1) is 11.5 Å². The molecule has 4 nitrogen and oxygen atoms in total. The molecule has 0 aromatic heterocycles. The molecule has 1 aromatic carbocycles. The molecular formula is C20H25BrN2O2. The number of piperidine rings is 1. The average molecular weight is 405 g/mol. The number of nitrogens with zero attached hydrogens (tertiary/aromatic N) is 2. The number of carbonyl (C=O) groups excluding carboxylic acids is 1. The van der Waals surface area contributed by atoms with Crippen LogP contribution in [0.2, 0.25) is 0 Å². The molecule has 134 valence electrons. The summed E-state index contributed by atoms with van der Waals surface area (Å²) in [5, 5.41) is 9.97. The number of rotatable bonds is 2. The van der Waals surface area contributed by atoms with Gasteiger partial charge in [0.2, 0.25) is 0 Å². The Bertz CT molecular complexity index is 690. The van der Waals surface area contributed by atoms with E-state index in [4.69, 9.17) is 4.74 Å². The zero-order valence-electron chi connectivity index (χ0n) is 15.1. The van der Waals surface area contributed by atoms with Gasteiger partial charge >= 0.3 is 6.09 Å². The van der Waals surface area contributed by atoms with Crippen LogP contribution in [-0.2, 0) is 11.2 Å². The maximum absolute atomic E-state index is 12.6. The molecule has 0 spiro atoms. The highest BCUT2D eigenvalue weighted by Crippen LogP contribution is 2.48. The minimum absolute atomic E-state index is 0.107. The second kappa shape index (κ2) is 6.64. The lowest BCUT2D eigenvalue weighted by molar-refractivity contribution is -0.00414. The number of amides is 1. The molecule has 2 bridgehead atoms. The highest BCUT2D eigenvalue weighted by Gasteiger charge is 2.51. The lowest BCUT2D eigenvalue weighted by atomic mass is 9.72. The van der Waals surface area contributed by atoms with Crippen LogP contribution in [0, 0.1) is 16.7 Å². The summed E-state index contributed by atoms with van der Waals surface area (Å²) < 4.78 is 6.64. The molecule has 0 aliphatic carbocycles. The lowest BCUT2D eigenvalue weighted by Crippen LogP contribution is -2.52. The Balaban J connectivity index is 1.79. The Morgan fingerprint density at radius 1 is 1.32 bits per heavy atom. The SMILES string of the molecule is CC(C)(C)OC(=O)N1C2CCC1CC(C#N)(Cc1ccccc1Br)C2. The van der Waals surface area contributed by atoms with E-state index in [1.165, 1.54) is 0 Å². The van der Waals surface area contributed by atoms with Gasteiger partial charge in [0, 0.05) is 16.6 Å². The molecule has 25 heavy (non-hydrogen) atoms. The predicted molar refractivity (Wildman–Crippen MR) is 100 cm³/mol. The zero-order chi connectivity index (χ0) is 18.2. The minimum Gasteiger partial charge on any atom is -0.444 e. The minimum atomic E-state index is -0.491. The van der Waals surface area contributed by atoms with Crippen LogP contribution in [0.25, 0.3) is 0 Å². The van der Waals surface area contributed by atoms with Crippen LogP contribution >= 0.6 is 15.9 Å². The first-order chi connectivity index (χ1) is 11.7. The predicted octanol–water partition coefficient (Wildman–Crippen LogP) is 5.06. The number of hydrogen-bond acceptors (Lipinski definition) is 3. The summed E-state index contributed by atoms with van der Waals surface area (Å²) in [6.45, 7) is 5.68. The maximum atomic E-state index is 12.6. The molecule has 0 N–H and O–H groups in total. The van der Waals surface area contributed by atoms with E-state index < -0.39 is 11.0 Å². The van der Waals surface area contributed by atoms with Gasteiger partial charge in [-0.15, -0.1) is 0 Å². The molecule has 0 radical (unpaired) electrons. The van der Waals surface area contributed by atoms with Crippen LogP contribution in [0.15, 0.2) is 28.7 Å². The topological polar surface area (TPSA) is 53.3 Å². The Morgan fingerprint density at radius 3 is 2.44 bits per heavy atom. The first-order valence-electron chi connectivity index (χ1n) is 8.89. The summed E-state index contributed by atoms with van der Waals surface area (Å²) in [5.74, 6) is 0. The van der Waals surface area contributed by atoms with Crippen molar-refractivity contribution in [2.45, 2.75) is 70.6 Å². The van der Waals surface area contributed by atoms with E-state index >= 15 is 0 Å². The fourth-order valence-electron chi connectivity index (χ4n) is 4.24. The molecule has 2 aliphatic heterocycles. The van der Waals surface area contributed by atoms with Crippen molar-refractivity contribution in [1.29, 1.82) is 5.26 Å². The molecule has 2 heterocycles. The monoisotopic (exact) mass is 404 g/mol. The molecule has 3 rings (SSSR count). The van der Waals surface area contributed by atoms with Gasteiger partial charge < -0.3 is 9.64 Å². The number of carbonyl (C=O) groups is 1. The highest BCUT2D eigenvalue weighted by atomic mass is 79.9. The smallest absolute Gasteiger partial charge is 0.410 e. The molecule has 2 saturated heterocycles. The van der Waals surface area contributed by atoms with Crippen LogP contribution in [0.1, 0.15) is 52.0 Å². The molecule has 1 amide bonds. The molecule has 2 atom stereocenters. The van der Waals surface area contributed by atoms with Crippen LogP contribution < -0.4 is 0 Å². The van der Waals surface area contributed by atoms with Crippen LogP contribution in [-0.4, -0.2) is 28.7 Å². The molecule has 2 unspecified atom stereocenters. The number of hydrogen-bond donors (Lipinski definition) is 0. The van der Waals surface area contributed by atoms with Crippen molar-refractivity contribution < 1.29 is 9.53 Å². The van der Waals surface area contributed by atoms with Gasteiger partial charge in [0.25, 0.3) is 0 Å². The van der Waals surface area contributed by atoms with E-state index in [1.54, 1.807) is 0 Å². The van der Waals surface area contributed by atoms with Crippen LogP contribution in [0.3, 0.4) is 0 Å². The van der Waals surface area contributed by atoms with Gasteiger partial charge in [-0.2, -0.15) is 5.26 Å². The summed E-state index contributed by atoms with van der Waals surface area (Å²) >= 11 is 3.60. The quantitative estimate of drug-likeness (QED) is 0.691. The molecule has 1 aromatic rings. The van der Waals surface area contributed by atoms with Gasteiger partial charge in [-0.1, -0.05) is 34.1 Å².